The van der Waals surface area contributed by atoms with Gasteiger partial charge in [-0.25, -0.2) is 0 Å². The summed E-state index contributed by atoms with van der Waals surface area (Å²) >= 11 is 0. The highest BCUT2D eigenvalue weighted by atomic mass is 16.2. The summed E-state index contributed by atoms with van der Waals surface area (Å²) in [5.74, 6) is -1.89. The maximum atomic E-state index is 12.5. The average Bonchev–Trinajstić information content (AvgIpc) is 2.95. The lowest BCUT2D eigenvalue weighted by Crippen LogP contribution is -2.41. The van der Waals surface area contributed by atoms with Gasteiger partial charge in [0, 0.05) is 40.3 Å². The van der Waals surface area contributed by atoms with Crippen LogP contribution in [-0.4, -0.2) is 73.7 Å². The van der Waals surface area contributed by atoms with E-state index in [1.54, 1.807) is 37.7 Å². The lowest BCUT2D eigenvalue weighted by Gasteiger charge is -2.21. The number of carbonyl (C=O) groups is 4. The maximum Gasteiger partial charge on any atom is 0.234 e. The molecule has 234 valence electrons. The van der Waals surface area contributed by atoms with E-state index in [0.29, 0.717) is 26.2 Å². The van der Waals surface area contributed by atoms with Gasteiger partial charge >= 0.3 is 0 Å². The van der Waals surface area contributed by atoms with Crippen molar-refractivity contribution in [2.45, 2.75) is 130 Å². The van der Waals surface area contributed by atoms with E-state index in [9.17, 15) is 19.2 Å². The van der Waals surface area contributed by atoms with Gasteiger partial charge in [-0.15, -0.1) is 0 Å². The van der Waals surface area contributed by atoms with E-state index in [1.807, 2.05) is 0 Å². The van der Waals surface area contributed by atoms with Gasteiger partial charge in [0.25, 0.3) is 0 Å². The molecule has 4 amide bonds. The van der Waals surface area contributed by atoms with Gasteiger partial charge in [0.1, 0.15) is 11.8 Å². The Morgan fingerprint density at radius 2 is 0.800 bits per heavy atom. The lowest BCUT2D eigenvalue weighted by molar-refractivity contribution is -0.142. The van der Waals surface area contributed by atoms with Crippen molar-refractivity contribution in [2.24, 2.45) is 11.8 Å². The topological polar surface area (TPSA) is 98.8 Å². The molecule has 0 aromatic heterocycles. The van der Waals surface area contributed by atoms with Crippen molar-refractivity contribution < 1.29 is 19.2 Å². The van der Waals surface area contributed by atoms with Crippen molar-refractivity contribution in [3.8, 4) is 0 Å². The number of carbonyl (C=O) groups excluding carboxylic acids is 4. The van der Waals surface area contributed by atoms with E-state index in [4.69, 9.17) is 0 Å². The fourth-order valence-electron chi connectivity index (χ4n) is 4.70. The maximum absolute atomic E-state index is 12.5. The minimum Gasteiger partial charge on any atom is -0.355 e. The Labute approximate surface area is 245 Å². The molecule has 40 heavy (non-hydrogen) atoms. The molecule has 2 N–H and O–H groups in total. The van der Waals surface area contributed by atoms with Gasteiger partial charge in [-0.3, -0.25) is 19.2 Å². The first-order valence-corrected chi connectivity index (χ1v) is 16.2. The zero-order valence-electron chi connectivity index (χ0n) is 26.8. The number of rotatable bonds is 25. The van der Waals surface area contributed by atoms with Crippen molar-refractivity contribution in [1.82, 2.24) is 20.4 Å². The molecule has 8 nitrogen and oxygen atoms in total. The second-order valence-electron chi connectivity index (χ2n) is 11.5. The number of nitrogens with one attached hydrogen (secondary N) is 2. The van der Waals surface area contributed by atoms with E-state index < -0.39 is 11.8 Å². The molecule has 0 heterocycles. The average molecular weight is 567 g/mol. The summed E-state index contributed by atoms with van der Waals surface area (Å²) in [4.78, 5) is 53.1. The Kier molecular flexibility index (Phi) is 23.4. The molecule has 0 aromatic rings. The van der Waals surface area contributed by atoms with E-state index in [0.717, 1.165) is 64.2 Å². The van der Waals surface area contributed by atoms with Crippen molar-refractivity contribution in [1.29, 1.82) is 0 Å². The van der Waals surface area contributed by atoms with Crippen LogP contribution < -0.4 is 10.6 Å². The second-order valence-corrected chi connectivity index (χ2v) is 11.5. The SMILES string of the molecule is CCCCCCCN(C)C(=O)C(C)C(=O)NCCCCCCCCNC(=O)C(C)C(=O)N(C)CCCCCCC. The predicted molar refractivity (Wildman–Crippen MR) is 165 cm³/mol. The zero-order chi connectivity index (χ0) is 30.2. The number of unbranched alkanes of at least 4 members (excludes halogenated alkanes) is 13. The molecule has 0 radical (unpaired) electrons. The van der Waals surface area contributed by atoms with Crippen LogP contribution in [0.4, 0.5) is 0 Å². The van der Waals surface area contributed by atoms with Crippen molar-refractivity contribution >= 4 is 23.6 Å². The molecule has 8 heteroatoms. The summed E-state index contributed by atoms with van der Waals surface area (Å²) in [6.45, 7) is 10.3. The molecule has 0 saturated heterocycles. The molecule has 2 unspecified atom stereocenters. The largest absolute Gasteiger partial charge is 0.355 e. The molecule has 0 rings (SSSR count). The van der Waals surface area contributed by atoms with Gasteiger partial charge in [0.2, 0.25) is 23.6 Å². The van der Waals surface area contributed by atoms with E-state index in [2.05, 4.69) is 24.5 Å². The Morgan fingerprint density at radius 3 is 1.15 bits per heavy atom. The number of nitrogens with zero attached hydrogens (tertiary/aromatic N) is 2. The number of amides is 4. The molecule has 0 bridgehead atoms. The van der Waals surface area contributed by atoms with E-state index in [-0.39, 0.29) is 23.6 Å². The van der Waals surface area contributed by atoms with E-state index >= 15 is 0 Å². The van der Waals surface area contributed by atoms with Crippen LogP contribution in [0.2, 0.25) is 0 Å². The van der Waals surface area contributed by atoms with Crippen LogP contribution in [-0.2, 0) is 19.2 Å². The van der Waals surface area contributed by atoms with E-state index in [1.165, 1.54) is 38.5 Å². The highest BCUT2D eigenvalue weighted by molar-refractivity contribution is 6.00. The minimum absolute atomic E-state index is 0.108. The first kappa shape index (κ1) is 37.9. The third-order valence-electron chi connectivity index (χ3n) is 7.68. The third-order valence-corrected chi connectivity index (χ3v) is 7.68. The van der Waals surface area contributed by atoms with Crippen molar-refractivity contribution in [2.75, 3.05) is 40.3 Å². The van der Waals surface area contributed by atoms with Gasteiger partial charge in [0.15, 0.2) is 0 Å². The molecule has 0 spiro atoms. The first-order chi connectivity index (χ1) is 19.2. The smallest absolute Gasteiger partial charge is 0.234 e. The Morgan fingerprint density at radius 1 is 0.500 bits per heavy atom. The lowest BCUT2D eigenvalue weighted by atomic mass is 10.1. The molecule has 0 aromatic carbocycles. The van der Waals surface area contributed by atoms with Crippen LogP contribution in [0.15, 0.2) is 0 Å². The Bertz CT molecular complexity index is 642. The second kappa shape index (κ2) is 24.7. The highest BCUT2D eigenvalue weighted by Gasteiger charge is 2.25. The molecular weight excluding hydrogens is 504 g/mol. The normalized spacial score (nSPS) is 12.4. The molecule has 0 saturated carbocycles. The number of hydrogen-bond donors (Lipinski definition) is 2. The zero-order valence-corrected chi connectivity index (χ0v) is 26.8. The van der Waals surface area contributed by atoms with Gasteiger partial charge in [-0.1, -0.05) is 90.9 Å². The summed E-state index contributed by atoms with van der Waals surface area (Å²) in [7, 11) is 3.57. The fourth-order valence-corrected chi connectivity index (χ4v) is 4.70. The summed E-state index contributed by atoms with van der Waals surface area (Å²) in [5, 5.41) is 5.82. The fraction of sp³-hybridized carbons (Fsp3) is 0.875. The molecule has 0 fully saturated rings. The summed E-state index contributed by atoms with van der Waals surface area (Å²) in [6.07, 6.45) is 17.4. The summed E-state index contributed by atoms with van der Waals surface area (Å²) in [5.41, 5.74) is 0. The Hall–Kier alpha value is -2.12. The molecule has 0 aliphatic rings. The van der Waals surface area contributed by atoms with Crippen molar-refractivity contribution in [3.05, 3.63) is 0 Å². The van der Waals surface area contributed by atoms with Crippen LogP contribution in [0.25, 0.3) is 0 Å². The molecule has 0 aliphatic heterocycles. The predicted octanol–water partition coefficient (Wildman–Crippen LogP) is 5.69. The molecular formula is C32H62N4O4. The molecule has 2 atom stereocenters. The van der Waals surface area contributed by atoms with Crippen molar-refractivity contribution in [3.63, 3.8) is 0 Å². The van der Waals surface area contributed by atoms with Crippen LogP contribution >= 0.6 is 0 Å². The van der Waals surface area contributed by atoms with Crippen LogP contribution in [0, 0.1) is 11.8 Å². The van der Waals surface area contributed by atoms with Gasteiger partial charge < -0.3 is 20.4 Å². The first-order valence-electron chi connectivity index (χ1n) is 16.2. The third kappa shape index (κ3) is 18.3. The van der Waals surface area contributed by atoms with Crippen LogP contribution in [0.5, 0.6) is 0 Å². The van der Waals surface area contributed by atoms with Crippen LogP contribution in [0.1, 0.15) is 130 Å². The number of hydrogen-bond acceptors (Lipinski definition) is 4. The van der Waals surface area contributed by atoms with Crippen LogP contribution in [0.3, 0.4) is 0 Å². The van der Waals surface area contributed by atoms with Gasteiger partial charge in [-0.05, 0) is 39.5 Å². The standard InChI is InChI=1S/C32H62N4O4/c1-7-9-11-17-21-25-35(5)31(39)27(3)29(37)33-23-19-15-13-14-16-20-24-34-30(38)28(4)32(40)36(6)26-22-18-12-10-8-2/h27-28H,7-26H2,1-6H3,(H,33,37)(H,34,38). The summed E-state index contributed by atoms with van der Waals surface area (Å²) in [6, 6.07) is 0. The summed E-state index contributed by atoms with van der Waals surface area (Å²) < 4.78 is 0. The molecule has 0 aliphatic carbocycles. The van der Waals surface area contributed by atoms with Gasteiger partial charge in [0.05, 0.1) is 0 Å². The quantitative estimate of drug-likeness (QED) is 0.110. The van der Waals surface area contributed by atoms with Gasteiger partial charge in [-0.2, -0.15) is 0 Å². The minimum atomic E-state index is -0.648. The monoisotopic (exact) mass is 566 g/mol. The Balaban J connectivity index is 3.84. The highest BCUT2D eigenvalue weighted by Crippen LogP contribution is 2.09.